The Balaban J connectivity index is 1.24. The number of hydrogen-bond donors (Lipinski definition) is 2. The molecule has 0 saturated heterocycles. The smallest absolute Gasteiger partial charge is 0.282 e. The number of benzene rings is 11. The Morgan fingerprint density at radius 3 is 1.08 bits per heavy atom. The largest absolute Gasteiger partial charge is 0.294 e. The molecule has 86 heavy (non-hydrogen) atoms. The Hall–Kier alpha value is -9.18. The highest BCUT2D eigenvalue weighted by Gasteiger charge is 2.42. The summed E-state index contributed by atoms with van der Waals surface area (Å²) >= 11 is 0. The quantitative estimate of drug-likeness (QED) is 0.0516. The number of amides is 4. The summed E-state index contributed by atoms with van der Waals surface area (Å²) in [4.78, 5) is 65.7. The lowest BCUT2D eigenvalue weighted by atomic mass is 9.76. The summed E-state index contributed by atoms with van der Waals surface area (Å²) in [6.45, 7) is 16.2. The monoisotopic (exact) mass is 1170 g/mol. The molecule has 0 aliphatic carbocycles. The molecule has 0 radical (unpaired) electrons. The van der Waals surface area contributed by atoms with E-state index in [0.717, 1.165) is 38.9 Å². The summed E-state index contributed by atoms with van der Waals surface area (Å²) in [5.74, 6) is -2.56. The van der Waals surface area contributed by atoms with Gasteiger partial charge >= 0.3 is 0 Å². The molecule has 2 heterocycles. The van der Waals surface area contributed by atoms with Gasteiger partial charge < -0.3 is 0 Å². The molecule has 13 rings (SSSR count). The molecule has 12 nitrogen and oxygen atoms in total. The van der Waals surface area contributed by atoms with Crippen LogP contribution in [0, 0.1) is 0 Å². The van der Waals surface area contributed by atoms with Gasteiger partial charge in [0.05, 0.1) is 21.2 Å². The Morgan fingerprint density at radius 2 is 0.663 bits per heavy atom. The molecule has 428 valence electrons. The molecular weight excluding hydrogens is 1120 g/mol. The lowest BCUT2D eigenvalue weighted by Gasteiger charge is -2.34. The Morgan fingerprint density at radius 1 is 0.302 bits per heavy atom. The van der Waals surface area contributed by atoms with E-state index in [0.29, 0.717) is 71.2 Å². The van der Waals surface area contributed by atoms with Gasteiger partial charge in [0.25, 0.3) is 43.9 Å². The molecule has 14 heteroatoms. The van der Waals surface area contributed by atoms with Crippen molar-refractivity contribution in [1.29, 1.82) is 0 Å². The number of anilines is 2. The molecule has 0 saturated carbocycles. The highest BCUT2D eigenvalue weighted by molar-refractivity contribution is 7.86. The average molecular weight is 1180 g/mol. The van der Waals surface area contributed by atoms with Crippen molar-refractivity contribution in [1.82, 2.24) is 0 Å². The molecule has 0 unspecified atom stereocenters. The van der Waals surface area contributed by atoms with Crippen LogP contribution in [0.3, 0.4) is 0 Å². The van der Waals surface area contributed by atoms with Crippen molar-refractivity contribution < 1.29 is 45.1 Å². The van der Waals surface area contributed by atoms with Gasteiger partial charge in [-0.3, -0.25) is 28.3 Å². The number of imide groups is 2. The van der Waals surface area contributed by atoms with E-state index in [-0.39, 0.29) is 57.1 Å². The second-order valence-electron chi connectivity index (χ2n) is 23.7. The van der Waals surface area contributed by atoms with E-state index in [4.69, 9.17) is 0 Å². The molecule has 0 aromatic heterocycles. The van der Waals surface area contributed by atoms with E-state index in [9.17, 15) is 25.9 Å². The Labute approximate surface area is 498 Å². The number of carbonyl (C=O) groups is 4. The lowest BCUT2D eigenvalue weighted by molar-refractivity contribution is 0.0877. The third-order valence-electron chi connectivity index (χ3n) is 17.3. The minimum atomic E-state index is -4.88. The van der Waals surface area contributed by atoms with Gasteiger partial charge in [0.2, 0.25) is 0 Å². The van der Waals surface area contributed by atoms with E-state index in [1.54, 1.807) is 18.2 Å². The zero-order valence-electron chi connectivity index (χ0n) is 48.3. The van der Waals surface area contributed by atoms with Gasteiger partial charge in [0.1, 0.15) is 0 Å². The maximum Gasteiger partial charge on any atom is 0.294 e. The maximum absolute atomic E-state index is 16.2. The minimum absolute atomic E-state index is 0.0726. The van der Waals surface area contributed by atoms with Crippen LogP contribution in [0.2, 0.25) is 0 Å². The van der Waals surface area contributed by atoms with Crippen LogP contribution in [-0.2, 0) is 20.2 Å². The van der Waals surface area contributed by atoms with E-state index in [1.165, 1.54) is 52.3 Å². The van der Waals surface area contributed by atoms with Crippen molar-refractivity contribution in [3.63, 3.8) is 0 Å². The molecule has 2 N–H and O–H groups in total. The van der Waals surface area contributed by atoms with Gasteiger partial charge in [-0.15, -0.1) is 0 Å². The van der Waals surface area contributed by atoms with Crippen molar-refractivity contribution in [2.24, 2.45) is 0 Å². The Bertz CT molecular complexity index is 4980. The first-order valence-electron chi connectivity index (χ1n) is 28.6. The fourth-order valence-corrected chi connectivity index (χ4v) is 14.4. The fourth-order valence-electron chi connectivity index (χ4n) is 13.4. The number of nitrogens with zero attached hydrogens (tertiary/aromatic N) is 2. The van der Waals surface area contributed by atoms with Crippen LogP contribution in [0.1, 0.15) is 143 Å². The molecule has 4 amide bonds. The first-order chi connectivity index (χ1) is 41.0. The van der Waals surface area contributed by atoms with Gasteiger partial charge in [0, 0.05) is 33.0 Å². The van der Waals surface area contributed by atoms with Crippen LogP contribution >= 0.6 is 0 Å². The summed E-state index contributed by atoms with van der Waals surface area (Å²) in [5.41, 5.74) is 9.49. The van der Waals surface area contributed by atoms with Crippen molar-refractivity contribution in [2.45, 2.75) is 88.9 Å². The molecule has 11 aromatic carbocycles. The van der Waals surface area contributed by atoms with Gasteiger partial charge in [-0.1, -0.05) is 177 Å². The highest BCUT2D eigenvalue weighted by Crippen LogP contribution is 2.55. The summed E-state index contributed by atoms with van der Waals surface area (Å²) in [6.07, 6.45) is 0. The zero-order chi connectivity index (χ0) is 60.7. The first-order valence-corrected chi connectivity index (χ1v) is 31.5. The van der Waals surface area contributed by atoms with Crippen molar-refractivity contribution >= 4 is 98.3 Å². The molecule has 0 atom stereocenters. The Kier molecular flexibility index (Phi) is 13.2. The second-order valence-corrected chi connectivity index (χ2v) is 26.5. The van der Waals surface area contributed by atoms with Crippen LogP contribution < -0.4 is 9.80 Å². The predicted octanol–water partition coefficient (Wildman–Crippen LogP) is 17.0. The van der Waals surface area contributed by atoms with Crippen LogP contribution in [0.4, 0.5) is 11.4 Å². The van der Waals surface area contributed by atoms with Crippen molar-refractivity contribution in [2.75, 3.05) is 9.80 Å². The van der Waals surface area contributed by atoms with Gasteiger partial charge in [-0.2, -0.15) is 16.8 Å². The van der Waals surface area contributed by atoms with Crippen LogP contribution in [0.15, 0.2) is 180 Å². The zero-order valence-corrected chi connectivity index (χ0v) is 50.0. The van der Waals surface area contributed by atoms with Gasteiger partial charge in [0.15, 0.2) is 0 Å². The summed E-state index contributed by atoms with van der Waals surface area (Å²) in [6, 6.07) is 49.4. The molecule has 0 fully saturated rings. The molecule has 2 aliphatic rings. The molecule has 11 aromatic rings. The highest BCUT2D eigenvalue weighted by atomic mass is 32.2. The molecule has 0 bridgehead atoms. The standard InChI is InChI=1S/C72H58N2O10S2/c1-37(2)45-20-14-21-46(38(3)4)67(45)73-69(75)54-33-31-53-62-58(51-29-28-44(86(82,83)84)34-56(51)42-24-26-43(27-25-42)85(79,80)81)36-60-64-55(70(76)74(72(60)78)68-47(39(5)6)22-15-23-48(68)40(7)8)32-30-52(66(62)64)61-57(35-59(71(73)77)63(54)65(53)61)50-19-13-12-18-49(50)41-16-10-9-11-17-41/h9-40H,1-8H3,(H,79,80,81)(H,82,83,84). The van der Waals surface area contributed by atoms with Gasteiger partial charge in [-0.05, 0) is 171 Å². The number of fused-ring (bicyclic) bond motifs is 2. The van der Waals surface area contributed by atoms with Crippen LogP contribution in [0.5, 0.6) is 0 Å². The number of carbonyl (C=O) groups excluding carboxylic acids is 4. The molecule has 2 aliphatic heterocycles. The molecule has 0 spiro atoms. The van der Waals surface area contributed by atoms with Crippen molar-refractivity contribution in [3.8, 4) is 44.5 Å². The lowest BCUT2D eigenvalue weighted by Crippen LogP contribution is -2.42. The first kappa shape index (κ1) is 56.0. The normalized spacial score (nSPS) is 13.9. The van der Waals surface area contributed by atoms with Crippen molar-refractivity contribution in [3.05, 3.63) is 214 Å². The number of hydrogen-bond acceptors (Lipinski definition) is 8. The summed E-state index contributed by atoms with van der Waals surface area (Å²) in [7, 11) is -9.56. The maximum atomic E-state index is 16.2. The van der Waals surface area contributed by atoms with E-state index in [1.807, 2.05) is 165 Å². The number of para-hydroxylation sites is 2. The van der Waals surface area contributed by atoms with Crippen LogP contribution in [-0.4, -0.2) is 49.6 Å². The topological polar surface area (TPSA) is 183 Å². The second kappa shape index (κ2) is 20.2. The third-order valence-corrected chi connectivity index (χ3v) is 19.0. The predicted molar refractivity (Wildman–Crippen MR) is 341 cm³/mol. The summed E-state index contributed by atoms with van der Waals surface area (Å²) < 4.78 is 71.8. The van der Waals surface area contributed by atoms with E-state index in [2.05, 4.69) is 0 Å². The van der Waals surface area contributed by atoms with Crippen LogP contribution in [0.25, 0.3) is 87.6 Å². The SMILES string of the molecule is CC(C)c1cccc(C(C)C)c1N1C(=O)c2ccc3c4c(-c5ccc(S(=O)(=O)O)cc5-c5ccc(S(=O)(=O)O)cc5)cc5c6c(ccc(c7c(-c8ccccc8-c8ccccc8)cc(c2c37)C1=O)c64)C(=O)N(c1c(C(C)C)cccc1C(C)C)C5=O. The average Bonchev–Trinajstić information content (AvgIpc) is 0.689. The minimum Gasteiger partial charge on any atom is -0.282 e. The molecular formula is C72H58N2O10S2. The van der Waals surface area contributed by atoms with E-state index >= 15 is 19.2 Å². The van der Waals surface area contributed by atoms with E-state index < -0.39 is 53.7 Å². The third kappa shape index (κ3) is 8.52. The summed E-state index contributed by atoms with van der Waals surface area (Å²) in [5, 5.41) is 4.06. The van der Waals surface area contributed by atoms with Gasteiger partial charge in [-0.25, -0.2) is 9.80 Å². The fraction of sp³-hybridized carbons (Fsp3) is 0.167. The number of rotatable bonds is 12.